The molecule has 0 spiro atoms. The molecule has 0 amide bonds. The quantitative estimate of drug-likeness (QED) is 0.0310. The molecule has 3 saturated heterocycles. The molecule has 0 bridgehead atoms. The predicted octanol–water partition coefficient (Wildman–Crippen LogP) is 15.0. The molecular weight excluding hydrogens is 1830 g/mol. The standard InChI is InChI=1S/C16H28N4O2S.C15H25N3O3S.C14H24N4O2S.C13H23N3O2S.C11H19N3O2S.C11H13N.C11H16O.C10H14O/c1-16(2,3)14-11-15(13-17-12-14)18-23(21,22)10-9-20-7-5-19(4)6-8-20;1-15(2,3)13-10-14(12-16-11-13)17-22(19,20)9-6-18-4-7-21-8-5-18;1-14(2,3)12-9-13(11-15-10-12)16-21(19,20)18-7-5-17(4)6-8-18;1-13(2,3)11-8-12(10-14-9-11)15-19(17,18)7-6-16(4)5;1-11(2,3)9-6-10(8-12-7-9)13-17(15,16)14(4)5;1-11(2,3)7-6-10-5-4-8-12-9-10;1-11(2,3)10-6-4-5-9(7-10)8-12;1-10(2,3)8-5-4-6-9(11)7-8/h11-13,18H,5-10H2,1-4H3;10-12,17H,4-9H2,1-3H3;9-11,16H,5-8H2,1-4H3;8-10,15H,6-7H2,1-5H3;6-8,13H,1-5H3;4-5,8-9H,1-3H3;4-7,12H,8H2,1-3H3;4-7,11H,1-3H3. The third-order valence-corrected chi connectivity index (χ3v) is 28.2. The summed E-state index contributed by atoms with van der Waals surface area (Å²) in [6.07, 6.45) is 20.0. The number of anilines is 5. The number of pyridine rings is 6. The smallest absolute Gasteiger partial charge is 0.301 e. The minimum absolute atomic E-state index is 0.0575. The van der Waals surface area contributed by atoms with Crippen molar-refractivity contribution in [2.24, 2.45) is 5.41 Å². The topological polar surface area (TPSA) is 381 Å². The SMILES string of the molecule is CC(C)(C)C#Cc1cccnc1.CC(C)(C)c1cccc(CO)c1.CC(C)(C)c1cccc(O)c1.CC(C)(C)c1cncc(NS(=O)(=O)CCN2CCOCC2)c1.CN(C)CCS(=O)(=O)Nc1cncc(C(C)(C)C)c1.CN(C)S(=O)(=O)Nc1cncc(C(C)(C)C)c1.CN1CCN(CCS(=O)(=O)Nc2cncc(C(C)(C)C)c2)CC1.CN1CCN(S(=O)(=O)Nc2cncc(C(C)(C)C)c2)CC1. The molecule has 137 heavy (non-hydrogen) atoms. The second-order valence-corrected chi connectivity index (χ2v) is 52.2. The highest BCUT2D eigenvalue weighted by Crippen LogP contribution is 2.31. The average molecular weight is 2000 g/mol. The molecule has 764 valence electrons. The normalized spacial score (nSPS) is 14.9. The lowest BCUT2D eigenvalue weighted by molar-refractivity contribution is 0.0408. The summed E-state index contributed by atoms with van der Waals surface area (Å²) in [7, 11) is -6.30. The summed E-state index contributed by atoms with van der Waals surface area (Å²) >= 11 is 0. The maximum atomic E-state index is 12.4. The van der Waals surface area contributed by atoms with Crippen LogP contribution in [0.4, 0.5) is 28.4 Å². The van der Waals surface area contributed by atoms with Gasteiger partial charge < -0.3 is 29.6 Å². The monoisotopic (exact) mass is 2000 g/mol. The Labute approximate surface area is 824 Å². The number of hydrogen-bond donors (Lipinski definition) is 7. The second-order valence-electron chi connectivity index (χ2n) is 43.1. The van der Waals surface area contributed by atoms with E-state index in [9.17, 15) is 47.2 Å². The fraction of sp³-hybridized carbons (Fsp3) is 0.564. The molecule has 8 aromatic rings. The van der Waals surface area contributed by atoms with Gasteiger partial charge in [-0.3, -0.25) is 63.3 Å². The van der Waals surface area contributed by atoms with Crippen molar-refractivity contribution < 1.29 is 57.0 Å². The van der Waals surface area contributed by atoms with Gasteiger partial charge in [0.1, 0.15) is 5.75 Å². The van der Waals surface area contributed by atoms with Crippen molar-refractivity contribution in [3.63, 3.8) is 0 Å². The number of aromatic hydroxyl groups is 1. The van der Waals surface area contributed by atoms with Gasteiger partial charge in [0.15, 0.2) is 0 Å². The van der Waals surface area contributed by atoms with E-state index in [-0.39, 0.29) is 67.2 Å². The number of ether oxygens (including phenoxy) is 1. The molecule has 7 N–H and O–H groups in total. The molecule has 31 nitrogen and oxygen atoms in total. The zero-order valence-corrected chi connectivity index (χ0v) is 91.3. The Morgan fingerprint density at radius 3 is 1.05 bits per heavy atom. The van der Waals surface area contributed by atoms with E-state index in [1.165, 1.54) is 36.4 Å². The Morgan fingerprint density at radius 2 is 0.723 bits per heavy atom. The number of morpholine rings is 1. The van der Waals surface area contributed by atoms with E-state index in [0.717, 1.165) is 101 Å². The zero-order valence-electron chi connectivity index (χ0n) is 87.3. The molecule has 3 aliphatic heterocycles. The van der Waals surface area contributed by atoms with Gasteiger partial charge in [0.2, 0.25) is 30.1 Å². The molecule has 3 aliphatic rings. The van der Waals surface area contributed by atoms with Gasteiger partial charge in [0, 0.05) is 154 Å². The minimum Gasteiger partial charge on any atom is -0.508 e. The maximum Gasteiger partial charge on any atom is 0.301 e. The first kappa shape index (κ1) is 120. The summed E-state index contributed by atoms with van der Waals surface area (Å²) in [5.74, 6) is 6.82. The van der Waals surface area contributed by atoms with E-state index in [1.54, 1.807) is 80.2 Å². The second kappa shape index (κ2) is 53.1. The summed E-state index contributed by atoms with van der Waals surface area (Å²) in [5, 5.41) is 18.1. The van der Waals surface area contributed by atoms with Crippen molar-refractivity contribution in [1.29, 1.82) is 0 Å². The lowest BCUT2D eigenvalue weighted by atomic mass is 9.86. The van der Waals surface area contributed by atoms with Crippen molar-refractivity contribution >= 4 is 78.9 Å². The Bertz CT molecular complexity index is 5670. The summed E-state index contributed by atoms with van der Waals surface area (Å²) in [5.41, 5.74) is 12.0. The van der Waals surface area contributed by atoms with Gasteiger partial charge in [0.05, 0.1) is 96.5 Å². The Kier molecular flexibility index (Phi) is 46.7. The van der Waals surface area contributed by atoms with Gasteiger partial charge >= 0.3 is 20.4 Å². The third-order valence-electron chi connectivity index (χ3n) is 21.4. The van der Waals surface area contributed by atoms with Gasteiger partial charge in [-0.05, 0) is 186 Å². The van der Waals surface area contributed by atoms with Crippen molar-refractivity contribution in [2.75, 3.05) is 181 Å². The number of sulfonamides is 3. The van der Waals surface area contributed by atoms with Gasteiger partial charge in [-0.1, -0.05) is 194 Å². The van der Waals surface area contributed by atoms with Crippen molar-refractivity contribution in [1.82, 2.24) is 63.0 Å². The van der Waals surface area contributed by atoms with Gasteiger partial charge in [0.25, 0.3) is 0 Å². The maximum absolute atomic E-state index is 12.4. The molecule has 2 aromatic carbocycles. The molecule has 0 atom stereocenters. The first-order valence-electron chi connectivity index (χ1n) is 46.2. The number of benzene rings is 2. The molecule has 36 heteroatoms. The summed E-state index contributed by atoms with van der Waals surface area (Å²) in [4.78, 5) is 35.1. The number of hydrogen-bond acceptors (Lipinski definition) is 24. The highest BCUT2D eigenvalue weighted by molar-refractivity contribution is 7.93. The number of aliphatic hydroxyl groups excluding tert-OH is 1. The van der Waals surface area contributed by atoms with E-state index in [1.807, 2.05) is 107 Å². The molecule has 0 radical (unpaired) electrons. The number of aromatic nitrogens is 6. The third kappa shape index (κ3) is 48.7. The van der Waals surface area contributed by atoms with Crippen LogP contribution < -0.4 is 23.6 Å². The van der Waals surface area contributed by atoms with E-state index in [4.69, 9.17) is 9.84 Å². The molecule has 11 rings (SSSR count). The van der Waals surface area contributed by atoms with E-state index in [0.29, 0.717) is 80.1 Å². The number of likely N-dealkylation sites (N-methyl/N-ethyl adjacent to an activating group) is 2. The molecule has 0 unspecified atom stereocenters. The highest BCUT2D eigenvalue weighted by Gasteiger charge is 2.29. The van der Waals surface area contributed by atoms with Crippen LogP contribution in [-0.2, 0) is 99.7 Å². The summed E-state index contributed by atoms with van der Waals surface area (Å²) in [6.45, 7) is 61.2. The van der Waals surface area contributed by atoms with Crippen LogP contribution in [0.2, 0.25) is 0 Å². The van der Waals surface area contributed by atoms with Crippen LogP contribution in [0.1, 0.15) is 216 Å². The number of nitrogens with one attached hydrogen (secondary N) is 5. The average Bonchev–Trinajstić information content (AvgIpc) is 0.814. The minimum atomic E-state index is -3.51. The Balaban J connectivity index is 0.000000331. The number of aliphatic hydroxyl groups is 1. The van der Waals surface area contributed by atoms with Crippen LogP contribution >= 0.6 is 0 Å². The lowest BCUT2D eigenvalue weighted by Crippen LogP contribution is -2.48. The summed E-state index contributed by atoms with van der Waals surface area (Å²) in [6, 6.07) is 28.5. The first-order valence-corrected chi connectivity index (χ1v) is 54.0. The lowest BCUT2D eigenvalue weighted by Gasteiger charge is -2.32. The number of rotatable bonds is 22. The van der Waals surface area contributed by atoms with Gasteiger partial charge in [-0.15, -0.1) is 0 Å². The van der Waals surface area contributed by atoms with Crippen molar-refractivity contribution in [3.8, 4) is 17.6 Å². The van der Waals surface area contributed by atoms with Crippen LogP contribution in [0.25, 0.3) is 0 Å². The fourth-order valence-electron chi connectivity index (χ4n) is 12.2. The number of piperazine rings is 2. The molecule has 0 aliphatic carbocycles. The van der Waals surface area contributed by atoms with Crippen LogP contribution in [0, 0.1) is 17.3 Å². The van der Waals surface area contributed by atoms with Gasteiger partial charge in [-0.2, -0.15) is 25.4 Å². The van der Waals surface area contributed by atoms with Crippen molar-refractivity contribution in [3.05, 3.63) is 215 Å². The Morgan fingerprint density at radius 1 is 0.380 bits per heavy atom. The first-order chi connectivity index (χ1) is 62.9. The highest BCUT2D eigenvalue weighted by atomic mass is 32.2. The van der Waals surface area contributed by atoms with E-state index < -0.39 is 50.5 Å². The van der Waals surface area contributed by atoms with E-state index in [2.05, 4.69) is 250 Å². The largest absolute Gasteiger partial charge is 0.508 e. The molecule has 3 fully saturated rings. The number of nitrogens with zero attached hydrogens (tertiary/aromatic N) is 13. The van der Waals surface area contributed by atoms with E-state index >= 15 is 0 Å². The molecule has 0 saturated carbocycles. The number of phenolic OH excluding ortho intramolecular Hbond substituents is 1. The predicted molar refractivity (Wildman–Crippen MR) is 563 cm³/mol. The van der Waals surface area contributed by atoms with Gasteiger partial charge in [-0.25, -0.2) is 25.3 Å². The molecule has 6 aromatic heterocycles. The van der Waals surface area contributed by atoms with Crippen molar-refractivity contribution in [2.45, 2.75) is 211 Å². The van der Waals surface area contributed by atoms with Crippen LogP contribution in [0.3, 0.4) is 0 Å². The Hall–Kier alpha value is -8.91. The van der Waals surface area contributed by atoms with Crippen LogP contribution in [0.15, 0.2) is 165 Å². The fourth-order valence-corrected chi connectivity index (χ4v) is 17.3. The summed E-state index contributed by atoms with van der Waals surface area (Å²) < 4.78 is 142. The number of phenols is 1. The van der Waals surface area contributed by atoms with Crippen LogP contribution in [-0.4, -0.2) is 273 Å². The van der Waals surface area contributed by atoms with Crippen LogP contribution in [0.5, 0.6) is 5.75 Å². The molecular formula is C101H162N18O13S5. The molecule has 9 heterocycles. The zero-order chi connectivity index (χ0) is 104.